The molecular formula is C18H20BrFN2O. The number of benzene rings is 2. The van der Waals surface area contributed by atoms with Gasteiger partial charge in [0.1, 0.15) is 11.6 Å². The van der Waals surface area contributed by atoms with Gasteiger partial charge in [0.25, 0.3) is 0 Å². The van der Waals surface area contributed by atoms with E-state index in [2.05, 4.69) is 25.7 Å². The van der Waals surface area contributed by atoms with Crippen molar-refractivity contribution >= 4 is 15.9 Å². The summed E-state index contributed by atoms with van der Waals surface area (Å²) in [7, 11) is 0. The van der Waals surface area contributed by atoms with Gasteiger partial charge in [-0.3, -0.25) is 9.80 Å². The standard InChI is InChI=1S/C18H20BrFN2O/c19-16-3-6-18(23)15(11-16)13-22-9-7-21(8-10-22)12-14-1-4-17(20)5-2-14/h1-6,11,23H,7-10,12-13H2. The number of piperazine rings is 1. The van der Waals surface area contributed by atoms with Crippen LogP contribution in [0.5, 0.6) is 5.75 Å². The van der Waals surface area contributed by atoms with Crippen LogP contribution in [0.2, 0.25) is 0 Å². The van der Waals surface area contributed by atoms with Gasteiger partial charge in [-0.05, 0) is 35.9 Å². The molecule has 0 spiro atoms. The molecule has 2 aromatic rings. The summed E-state index contributed by atoms with van der Waals surface area (Å²) < 4.78 is 13.9. The average molecular weight is 379 g/mol. The molecule has 0 radical (unpaired) electrons. The molecule has 0 saturated carbocycles. The largest absolute Gasteiger partial charge is 0.508 e. The van der Waals surface area contributed by atoms with Crippen molar-refractivity contribution in [1.29, 1.82) is 0 Å². The predicted molar refractivity (Wildman–Crippen MR) is 92.8 cm³/mol. The van der Waals surface area contributed by atoms with Gasteiger partial charge in [0, 0.05) is 49.3 Å². The summed E-state index contributed by atoms with van der Waals surface area (Å²) in [6.07, 6.45) is 0. The van der Waals surface area contributed by atoms with Crippen molar-refractivity contribution in [2.45, 2.75) is 13.1 Å². The van der Waals surface area contributed by atoms with Gasteiger partial charge < -0.3 is 5.11 Å². The van der Waals surface area contributed by atoms with Crippen LogP contribution in [0.4, 0.5) is 4.39 Å². The van der Waals surface area contributed by atoms with Crippen LogP contribution in [0.25, 0.3) is 0 Å². The monoisotopic (exact) mass is 378 g/mol. The predicted octanol–water partition coefficient (Wildman–Crippen LogP) is 3.61. The zero-order chi connectivity index (χ0) is 16.2. The van der Waals surface area contributed by atoms with Gasteiger partial charge in [-0.1, -0.05) is 28.1 Å². The zero-order valence-corrected chi connectivity index (χ0v) is 14.5. The topological polar surface area (TPSA) is 26.7 Å². The number of hydrogen-bond acceptors (Lipinski definition) is 3. The minimum Gasteiger partial charge on any atom is -0.508 e. The van der Waals surface area contributed by atoms with Gasteiger partial charge in [0.2, 0.25) is 0 Å². The molecule has 23 heavy (non-hydrogen) atoms. The molecule has 0 unspecified atom stereocenters. The number of phenolic OH excluding ortho intramolecular Hbond substituents is 1. The summed E-state index contributed by atoms with van der Waals surface area (Å²) in [5.74, 6) is 0.161. The number of hydrogen-bond donors (Lipinski definition) is 1. The normalized spacial score (nSPS) is 16.6. The fourth-order valence-corrected chi connectivity index (χ4v) is 3.28. The summed E-state index contributed by atoms with van der Waals surface area (Å²) in [6.45, 7) is 5.50. The van der Waals surface area contributed by atoms with E-state index in [9.17, 15) is 9.50 Å². The van der Waals surface area contributed by atoms with E-state index in [1.54, 1.807) is 6.07 Å². The van der Waals surface area contributed by atoms with Gasteiger partial charge in [-0.2, -0.15) is 0 Å². The minimum absolute atomic E-state index is 0.188. The van der Waals surface area contributed by atoms with E-state index in [4.69, 9.17) is 0 Å². The second-order valence-corrected chi connectivity index (χ2v) is 6.87. The highest BCUT2D eigenvalue weighted by Crippen LogP contribution is 2.23. The molecule has 5 heteroatoms. The summed E-state index contributed by atoms with van der Waals surface area (Å²) in [5, 5.41) is 9.95. The molecule has 1 fully saturated rings. The van der Waals surface area contributed by atoms with Gasteiger partial charge in [-0.15, -0.1) is 0 Å². The molecule has 0 aliphatic carbocycles. The fourth-order valence-electron chi connectivity index (χ4n) is 2.88. The Bertz CT molecular complexity index is 655. The maximum absolute atomic E-state index is 12.9. The van der Waals surface area contributed by atoms with E-state index in [1.807, 2.05) is 24.3 Å². The lowest BCUT2D eigenvalue weighted by molar-refractivity contribution is 0.121. The van der Waals surface area contributed by atoms with Gasteiger partial charge >= 0.3 is 0 Å². The van der Waals surface area contributed by atoms with Crippen molar-refractivity contribution in [3.8, 4) is 5.75 Å². The highest BCUT2D eigenvalue weighted by molar-refractivity contribution is 9.10. The molecule has 0 aromatic heterocycles. The van der Waals surface area contributed by atoms with Crippen LogP contribution >= 0.6 is 15.9 Å². The molecule has 1 aliphatic heterocycles. The Morgan fingerprint density at radius 2 is 1.52 bits per heavy atom. The molecule has 3 nitrogen and oxygen atoms in total. The lowest BCUT2D eigenvalue weighted by Crippen LogP contribution is -2.45. The smallest absolute Gasteiger partial charge is 0.123 e. The molecule has 1 saturated heterocycles. The number of halogens is 2. The number of aromatic hydroxyl groups is 1. The van der Waals surface area contributed by atoms with Crippen molar-refractivity contribution in [2.24, 2.45) is 0 Å². The Morgan fingerprint density at radius 3 is 2.17 bits per heavy atom. The first-order chi connectivity index (χ1) is 11.1. The number of phenols is 1. The highest BCUT2D eigenvalue weighted by Gasteiger charge is 2.18. The maximum atomic E-state index is 12.9. The summed E-state index contributed by atoms with van der Waals surface area (Å²) in [6, 6.07) is 12.3. The quantitative estimate of drug-likeness (QED) is 0.879. The van der Waals surface area contributed by atoms with Crippen LogP contribution in [-0.2, 0) is 13.1 Å². The molecule has 2 aromatic carbocycles. The molecule has 0 bridgehead atoms. The van der Waals surface area contributed by atoms with Crippen molar-refractivity contribution in [1.82, 2.24) is 9.80 Å². The molecular weight excluding hydrogens is 359 g/mol. The van der Waals surface area contributed by atoms with Crippen LogP contribution < -0.4 is 0 Å². The van der Waals surface area contributed by atoms with Crippen molar-refractivity contribution in [2.75, 3.05) is 26.2 Å². The van der Waals surface area contributed by atoms with Gasteiger partial charge in [0.05, 0.1) is 0 Å². The Morgan fingerprint density at radius 1 is 0.913 bits per heavy atom. The number of rotatable bonds is 4. The third kappa shape index (κ3) is 4.53. The second kappa shape index (κ2) is 7.43. The summed E-state index contributed by atoms with van der Waals surface area (Å²) >= 11 is 3.45. The first kappa shape index (κ1) is 16.4. The molecule has 122 valence electrons. The third-order valence-corrected chi connectivity index (χ3v) is 4.71. The van der Waals surface area contributed by atoms with Crippen molar-refractivity contribution < 1.29 is 9.50 Å². The van der Waals surface area contributed by atoms with E-state index in [0.29, 0.717) is 5.75 Å². The molecule has 1 aliphatic rings. The first-order valence-corrected chi connectivity index (χ1v) is 8.56. The second-order valence-electron chi connectivity index (χ2n) is 5.95. The summed E-state index contributed by atoms with van der Waals surface area (Å²) in [5.41, 5.74) is 2.09. The Labute approximate surface area is 144 Å². The lowest BCUT2D eigenvalue weighted by Gasteiger charge is -2.34. The van der Waals surface area contributed by atoms with Crippen LogP contribution in [0, 0.1) is 5.82 Å². The molecule has 3 rings (SSSR count). The van der Waals surface area contributed by atoms with E-state index >= 15 is 0 Å². The van der Waals surface area contributed by atoms with E-state index in [0.717, 1.165) is 54.9 Å². The minimum atomic E-state index is -0.188. The maximum Gasteiger partial charge on any atom is 0.123 e. The molecule has 0 amide bonds. The van der Waals surface area contributed by atoms with Crippen LogP contribution in [0.15, 0.2) is 46.9 Å². The van der Waals surface area contributed by atoms with Crippen molar-refractivity contribution in [3.05, 3.63) is 63.9 Å². The van der Waals surface area contributed by atoms with E-state index in [1.165, 1.54) is 12.1 Å². The van der Waals surface area contributed by atoms with Crippen molar-refractivity contribution in [3.63, 3.8) is 0 Å². The molecule has 1 N–H and O–H groups in total. The highest BCUT2D eigenvalue weighted by atomic mass is 79.9. The Balaban J connectivity index is 1.52. The fraction of sp³-hybridized carbons (Fsp3) is 0.333. The molecule has 1 heterocycles. The average Bonchev–Trinajstić information content (AvgIpc) is 2.55. The SMILES string of the molecule is Oc1ccc(Br)cc1CN1CCN(Cc2ccc(F)cc2)CC1. The summed E-state index contributed by atoms with van der Waals surface area (Å²) in [4.78, 5) is 4.73. The number of nitrogens with zero attached hydrogens (tertiary/aromatic N) is 2. The van der Waals surface area contributed by atoms with Crippen LogP contribution in [0.1, 0.15) is 11.1 Å². The first-order valence-electron chi connectivity index (χ1n) is 7.77. The van der Waals surface area contributed by atoms with Gasteiger partial charge in [-0.25, -0.2) is 4.39 Å². The van der Waals surface area contributed by atoms with E-state index < -0.39 is 0 Å². The third-order valence-electron chi connectivity index (χ3n) is 4.22. The van der Waals surface area contributed by atoms with Crippen LogP contribution in [-0.4, -0.2) is 41.1 Å². The lowest BCUT2D eigenvalue weighted by atomic mass is 10.1. The Hall–Kier alpha value is -1.43. The molecule has 0 atom stereocenters. The van der Waals surface area contributed by atoms with E-state index in [-0.39, 0.29) is 5.82 Å². The van der Waals surface area contributed by atoms with Gasteiger partial charge in [0.15, 0.2) is 0 Å². The zero-order valence-electron chi connectivity index (χ0n) is 12.9. The van der Waals surface area contributed by atoms with Crippen LogP contribution in [0.3, 0.4) is 0 Å². The Kier molecular flexibility index (Phi) is 5.30.